The molecular weight excluding hydrogens is 328 g/mol. The average molecular weight is 350 g/mol. The molecule has 134 valence electrons. The number of hydrogen-bond donors (Lipinski definition) is 1. The maximum atomic E-state index is 12.1. The van der Waals surface area contributed by atoms with Gasteiger partial charge in [0.1, 0.15) is 0 Å². The minimum Gasteiger partial charge on any atom is -0.375 e. The Kier molecular flexibility index (Phi) is 5.98. The van der Waals surface area contributed by atoms with Crippen LogP contribution in [0.1, 0.15) is 23.3 Å². The van der Waals surface area contributed by atoms with Gasteiger partial charge in [-0.2, -0.15) is 0 Å². The second kappa shape index (κ2) is 8.80. The number of amides is 1. The van der Waals surface area contributed by atoms with E-state index in [1.165, 1.54) is 5.69 Å². The lowest BCUT2D eigenvalue weighted by Crippen LogP contribution is -2.26. The molecule has 6 heteroatoms. The topological polar surface area (TPSA) is 71.3 Å². The van der Waals surface area contributed by atoms with Crippen molar-refractivity contribution in [3.8, 4) is 11.3 Å². The summed E-state index contributed by atoms with van der Waals surface area (Å²) in [7, 11) is 2.07. The van der Waals surface area contributed by atoms with E-state index < -0.39 is 0 Å². The van der Waals surface area contributed by atoms with Gasteiger partial charge in [-0.25, -0.2) is 0 Å². The number of nitrogens with one attached hydrogen (secondary N) is 1. The second-order valence-corrected chi connectivity index (χ2v) is 6.04. The van der Waals surface area contributed by atoms with Gasteiger partial charge in [0, 0.05) is 49.8 Å². The zero-order valence-electron chi connectivity index (χ0n) is 14.8. The minimum atomic E-state index is -0.222. The van der Waals surface area contributed by atoms with E-state index in [1.807, 2.05) is 30.3 Å². The van der Waals surface area contributed by atoms with Crippen LogP contribution in [-0.4, -0.2) is 36.2 Å². The van der Waals surface area contributed by atoms with Crippen molar-refractivity contribution in [2.24, 2.45) is 0 Å². The zero-order chi connectivity index (χ0) is 18.2. The highest BCUT2D eigenvalue weighted by Gasteiger charge is 2.13. The van der Waals surface area contributed by atoms with Gasteiger partial charge >= 0.3 is 0 Å². The van der Waals surface area contributed by atoms with E-state index in [9.17, 15) is 4.79 Å². The van der Waals surface area contributed by atoms with Crippen molar-refractivity contribution in [2.45, 2.75) is 12.8 Å². The predicted molar refractivity (Wildman–Crippen MR) is 101 cm³/mol. The Bertz CT molecular complexity index is 818. The molecule has 1 amide bonds. The van der Waals surface area contributed by atoms with E-state index in [1.54, 1.807) is 18.5 Å². The Morgan fingerprint density at radius 2 is 2.00 bits per heavy atom. The summed E-state index contributed by atoms with van der Waals surface area (Å²) in [6.45, 7) is 1.55. The van der Waals surface area contributed by atoms with Crippen LogP contribution in [0.3, 0.4) is 0 Å². The lowest BCUT2D eigenvalue weighted by Gasteiger charge is -2.18. The van der Waals surface area contributed by atoms with E-state index in [0.717, 1.165) is 24.9 Å². The third-order valence-electron chi connectivity index (χ3n) is 4.09. The Balaban J connectivity index is 1.40. The molecular formula is C20H22N4O2. The van der Waals surface area contributed by atoms with Gasteiger partial charge in [-0.05, 0) is 37.1 Å². The van der Waals surface area contributed by atoms with E-state index in [2.05, 4.69) is 39.5 Å². The predicted octanol–water partition coefficient (Wildman–Crippen LogP) is 3.38. The van der Waals surface area contributed by atoms with Crippen molar-refractivity contribution < 1.29 is 9.32 Å². The Morgan fingerprint density at radius 1 is 1.15 bits per heavy atom. The van der Waals surface area contributed by atoms with Gasteiger partial charge in [-0.15, -0.1) is 0 Å². The lowest BCUT2D eigenvalue weighted by molar-refractivity contribution is 0.0944. The van der Waals surface area contributed by atoms with Crippen molar-refractivity contribution in [2.75, 3.05) is 25.0 Å². The molecule has 26 heavy (non-hydrogen) atoms. The highest BCUT2D eigenvalue weighted by Crippen LogP contribution is 2.18. The second-order valence-electron chi connectivity index (χ2n) is 6.04. The fraction of sp³-hybridized carbons (Fsp3) is 0.250. The number of aromatic nitrogens is 2. The molecule has 0 unspecified atom stereocenters. The maximum absolute atomic E-state index is 12.1. The number of rotatable bonds is 8. The average Bonchev–Trinajstić information content (AvgIpc) is 3.19. The van der Waals surface area contributed by atoms with Crippen molar-refractivity contribution in [3.63, 3.8) is 0 Å². The number of nitrogens with zero attached hydrogens (tertiary/aromatic N) is 3. The fourth-order valence-electron chi connectivity index (χ4n) is 2.60. The molecule has 1 aromatic carbocycles. The summed E-state index contributed by atoms with van der Waals surface area (Å²) in [6, 6.07) is 15.6. The van der Waals surface area contributed by atoms with Crippen LogP contribution in [-0.2, 0) is 0 Å². The Hall–Kier alpha value is -3.15. The van der Waals surface area contributed by atoms with E-state index in [0.29, 0.717) is 12.3 Å². The normalized spacial score (nSPS) is 10.5. The number of benzene rings is 1. The first-order valence-electron chi connectivity index (χ1n) is 8.65. The number of unbranched alkanes of at least 4 members (excludes halogenated alkanes) is 1. The summed E-state index contributed by atoms with van der Waals surface area (Å²) in [6.07, 6.45) is 5.25. The van der Waals surface area contributed by atoms with Gasteiger partial charge in [-0.3, -0.25) is 9.78 Å². The molecule has 0 aliphatic rings. The molecule has 0 aliphatic carbocycles. The maximum Gasteiger partial charge on any atom is 0.273 e. The van der Waals surface area contributed by atoms with Gasteiger partial charge < -0.3 is 14.7 Å². The number of anilines is 1. The SMILES string of the molecule is CN(CCCCNC(=O)c1cc(-c2cccnc2)on1)c1ccccc1. The molecule has 2 aromatic heterocycles. The summed E-state index contributed by atoms with van der Waals surface area (Å²) < 4.78 is 5.22. The van der Waals surface area contributed by atoms with Gasteiger partial charge in [-0.1, -0.05) is 23.4 Å². The molecule has 6 nitrogen and oxygen atoms in total. The van der Waals surface area contributed by atoms with Gasteiger partial charge in [0.25, 0.3) is 5.91 Å². The minimum absolute atomic E-state index is 0.222. The van der Waals surface area contributed by atoms with Crippen molar-refractivity contribution in [3.05, 3.63) is 66.6 Å². The smallest absolute Gasteiger partial charge is 0.273 e. The molecule has 1 N–H and O–H groups in total. The Labute approximate surface area is 152 Å². The first-order chi connectivity index (χ1) is 12.7. The molecule has 0 fully saturated rings. The molecule has 0 bridgehead atoms. The highest BCUT2D eigenvalue weighted by molar-refractivity contribution is 5.93. The molecule has 0 saturated carbocycles. The summed E-state index contributed by atoms with van der Waals surface area (Å²) in [4.78, 5) is 18.4. The van der Waals surface area contributed by atoms with E-state index in [4.69, 9.17) is 4.52 Å². The molecule has 0 aliphatic heterocycles. The lowest BCUT2D eigenvalue weighted by atomic mass is 10.2. The molecule has 0 spiro atoms. The Morgan fingerprint density at radius 3 is 2.77 bits per heavy atom. The first-order valence-corrected chi connectivity index (χ1v) is 8.65. The summed E-state index contributed by atoms with van der Waals surface area (Å²) in [5.41, 5.74) is 2.27. The van der Waals surface area contributed by atoms with Crippen LogP contribution in [0.25, 0.3) is 11.3 Å². The highest BCUT2D eigenvalue weighted by atomic mass is 16.5. The van der Waals surface area contributed by atoms with Gasteiger partial charge in [0.05, 0.1) is 0 Å². The molecule has 0 saturated heterocycles. The number of carbonyl (C=O) groups excluding carboxylic acids is 1. The number of carbonyl (C=O) groups is 1. The largest absolute Gasteiger partial charge is 0.375 e. The number of pyridine rings is 1. The summed E-state index contributed by atoms with van der Waals surface area (Å²) in [5.74, 6) is 0.313. The summed E-state index contributed by atoms with van der Waals surface area (Å²) >= 11 is 0. The quantitative estimate of drug-likeness (QED) is 0.631. The molecule has 0 radical (unpaired) electrons. The third-order valence-corrected chi connectivity index (χ3v) is 4.09. The van der Waals surface area contributed by atoms with Crippen LogP contribution in [0.15, 0.2) is 65.4 Å². The van der Waals surface area contributed by atoms with Crippen LogP contribution in [0.2, 0.25) is 0 Å². The van der Waals surface area contributed by atoms with Crippen LogP contribution < -0.4 is 10.2 Å². The van der Waals surface area contributed by atoms with Gasteiger partial charge in [0.15, 0.2) is 11.5 Å². The number of hydrogen-bond acceptors (Lipinski definition) is 5. The molecule has 0 atom stereocenters. The van der Waals surface area contributed by atoms with Crippen molar-refractivity contribution in [1.82, 2.24) is 15.5 Å². The van der Waals surface area contributed by atoms with Crippen LogP contribution in [0, 0.1) is 0 Å². The van der Waals surface area contributed by atoms with E-state index >= 15 is 0 Å². The van der Waals surface area contributed by atoms with Gasteiger partial charge in [0.2, 0.25) is 0 Å². The molecule has 3 rings (SSSR count). The zero-order valence-corrected chi connectivity index (χ0v) is 14.8. The molecule has 3 aromatic rings. The monoisotopic (exact) mass is 350 g/mol. The fourth-order valence-corrected chi connectivity index (χ4v) is 2.60. The third kappa shape index (κ3) is 4.69. The molecule has 2 heterocycles. The van der Waals surface area contributed by atoms with Crippen LogP contribution in [0.4, 0.5) is 5.69 Å². The van der Waals surface area contributed by atoms with Crippen molar-refractivity contribution >= 4 is 11.6 Å². The standard InChI is InChI=1S/C20H22N4O2/c1-24(17-9-3-2-4-10-17)13-6-5-12-22-20(25)18-14-19(26-23-18)16-8-7-11-21-15-16/h2-4,7-11,14-15H,5-6,12-13H2,1H3,(H,22,25). The first kappa shape index (κ1) is 17.7. The number of para-hydroxylation sites is 1. The van der Waals surface area contributed by atoms with Crippen LogP contribution >= 0.6 is 0 Å². The van der Waals surface area contributed by atoms with E-state index in [-0.39, 0.29) is 11.6 Å². The summed E-state index contributed by atoms with van der Waals surface area (Å²) in [5, 5.41) is 6.72. The van der Waals surface area contributed by atoms with Crippen molar-refractivity contribution in [1.29, 1.82) is 0 Å². The van der Waals surface area contributed by atoms with Crippen LogP contribution in [0.5, 0.6) is 0 Å².